The van der Waals surface area contributed by atoms with Crippen molar-refractivity contribution >= 4 is 45.1 Å². The number of carbonyl (C=O) groups is 3. The van der Waals surface area contributed by atoms with E-state index in [-0.39, 0.29) is 16.3 Å². The summed E-state index contributed by atoms with van der Waals surface area (Å²) in [5.74, 6) is -0.447. The lowest BCUT2D eigenvalue weighted by Gasteiger charge is -2.16. The molecule has 1 amide bonds. The van der Waals surface area contributed by atoms with Gasteiger partial charge in [0.15, 0.2) is 5.12 Å². The predicted molar refractivity (Wildman–Crippen MR) is 88.7 cm³/mol. The van der Waals surface area contributed by atoms with Crippen LogP contribution in [0.1, 0.15) is 42.4 Å². The fourth-order valence-corrected chi connectivity index (χ4v) is 4.37. The van der Waals surface area contributed by atoms with Crippen molar-refractivity contribution in [2.75, 3.05) is 18.1 Å². The summed E-state index contributed by atoms with van der Waals surface area (Å²) in [7, 11) is 0. The number of anilines is 1. The van der Waals surface area contributed by atoms with Crippen LogP contribution in [0.3, 0.4) is 0 Å². The number of hydrogen-bond donors (Lipinski definition) is 0. The lowest BCUT2D eigenvalue weighted by Crippen LogP contribution is -2.26. The Labute approximate surface area is 138 Å². The van der Waals surface area contributed by atoms with Gasteiger partial charge in [0.2, 0.25) is 5.91 Å². The first-order chi connectivity index (χ1) is 10.5. The van der Waals surface area contributed by atoms with Crippen LogP contribution in [0, 0.1) is 0 Å². The number of ether oxygens (including phenoxy) is 1. The van der Waals surface area contributed by atoms with E-state index in [0.29, 0.717) is 30.1 Å². The third kappa shape index (κ3) is 3.70. The highest BCUT2D eigenvalue weighted by atomic mass is 32.2. The van der Waals surface area contributed by atoms with Crippen LogP contribution in [0.2, 0.25) is 0 Å². The van der Waals surface area contributed by atoms with E-state index in [9.17, 15) is 14.4 Å². The lowest BCUT2D eigenvalue weighted by atomic mass is 10.2. The highest BCUT2D eigenvalue weighted by Crippen LogP contribution is 2.37. The summed E-state index contributed by atoms with van der Waals surface area (Å²) >= 11 is 2.63. The first-order valence-corrected chi connectivity index (χ1v) is 8.93. The Bertz CT molecular complexity index is 596. The van der Waals surface area contributed by atoms with E-state index in [1.807, 2.05) is 6.92 Å². The van der Waals surface area contributed by atoms with E-state index in [0.717, 1.165) is 11.3 Å². The molecule has 0 N–H and O–H groups in total. The minimum absolute atomic E-state index is 0.00527. The van der Waals surface area contributed by atoms with Crippen LogP contribution in [0.4, 0.5) is 5.00 Å². The maximum Gasteiger partial charge on any atom is 0.341 e. The molecule has 1 aromatic rings. The normalized spacial score (nSPS) is 17.9. The van der Waals surface area contributed by atoms with Crippen molar-refractivity contribution in [3.8, 4) is 0 Å². The van der Waals surface area contributed by atoms with Gasteiger partial charge in [0.1, 0.15) is 5.00 Å². The number of amides is 1. The predicted octanol–water partition coefficient (Wildman–Crippen LogP) is 2.87. The van der Waals surface area contributed by atoms with Gasteiger partial charge in [-0.2, -0.15) is 0 Å². The first kappa shape index (κ1) is 17.0. The standard InChI is InChI=1S/C15H19NO4S2/c1-4-10-6-12(15(19)20-5-2)14(22-10)16-8-11(7-13(16)18)21-9(3)17/h6,11H,4-5,7-8H2,1-3H3. The topological polar surface area (TPSA) is 63.7 Å². The Balaban J connectivity index is 2.27. The fourth-order valence-electron chi connectivity index (χ4n) is 2.35. The molecule has 2 heterocycles. The molecule has 2 rings (SSSR count). The average molecular weight is 341 g/mol. The molecule has 0 aliphatic carbocycles. The fraction of sp³-hybridized carbons (Fsp3) is 0.533. The molecule has 1 aliphatic rings. The quantitative estimate of drug-likeness (QED) is 0.771. The van der Waals surface area contributed by atoms with Gasteiger partial charge in [0.25, 0.3) is 0 Å². The molecule has 1 atom stereocenters. The van der Waals surface area contributed by atoms with Gasteiger partial charge in [0.05, 0.1) is 12.2 Å². The van der Waals surface area contributed by atoms with Gasteiger partial charge in [-0.3, -0.25) is 9.59 Å². The highest BCUT2D eigenvalue weighted by molar-refractivity contribution is 8.14. The van der Waals surface area contributed by atoms with Gasteiger partial charge in [-0.15, -0.1) is 11.3 Å². The van der Waals surface area contributed by atoms with Crippen LogP contribution in [-0.2, 0) is 20.7 Å². The monoisotopic (exact) mass is 341 g/mol. The number of thioether (sulfide) groups is 1. The molecular weight excluding hydrogens is 322 g/mol. The van der Waals surface area contributed by atoms with E-state index >= 15 is 0 Å². The summed E-state index contributed by atoms with van der Waals surface area (Å²) in [5.41, 5.74) is 0.450. The van der Waals surface area contributed by atoms with Crippen molar-refractivity contribution in [3.63, 3.8) is 0 Å². The van der Waals surface area contributed by atoms with Crippen LogP contribution in [0.15, 0.2) is 6.07 Å². The van der Waals surface area contributed by atoms with Crippen molar-refractivity contribution in [2.45, 2.75) is 38.9 Å². The second-order valence-electron chi connectivity index (χ2n) is 4.95. The van der Waals surface area contributed by atoms with Crippen LogP contribution in [0.5, 0.6) is 0 Å². The minimum Gasteiger partial charge on any atom is -0.462 e. The Hall–Kier alpha value is -1.34. The number of esters is 1. The van der Waals surface area contributed by atoms with Crippen molar-refractivity contribution in [1.29, 1.82) is 0 Å². The molecule has 1 aliphatic heterocycles. The number of rotatable bonds is 5. The zero-order chi connectivity index (χ0) is 16.3. The molecule has 1 saturated heterocycles. The summed E-state index contributed by atoms with van der Waals surface area (Å²) in [5, 5.41) is 0.602. The van der Waals surface area contributed by atoms with Gasteiger partial charge in [-0.25, -0.2) is 4.79 Å². The molecule has 0 radical (unpaired) electrons. The van der Waals surface area contributed by atoms with E-state index in [1.165, 1.54) is 30.0 Å². The van der Waals surface area contributed by atoms with Crippen molar-refractivity contribution < 1.29 is 19.1 Å². The summed E-state index contributed by atoms with van der Waals surface area (Å²) < 4.78 is 5.08. The Morgan fingerprint density at radius 1 is 1.45 bits per heavy atom. The van der Waals surface area contributed by atoms with E-state index in [2.05, 4.69) is 0 Å². The van der Waals surface area contributed by atoms with Gasteiger partial charge in [0, 0.05) is 30.0 Å². The summed E-state index contributed by atoms with van der Waals surface area (Å²) in [6.45, 7) is 6.02. The van der Waals surface area contributed by atoms with E-state index < -0.39 is 5.97 Å². The Morgan fingerprint density at radius 3 is 2.77 bits per heavy atom. The third-order valence-electron chi connectivity index (χ3n) is 3.27. The molecular formula is C15H19NO4S2. The van der Waals surface area contributed by atoms with Gasteiger partial charge < -0.3 is 9.64 Å². The van der Waals surface area contributed by atoms with E-state index in [4.69, 9.17) is 4.74 Å². The molecule has 0 aromatic carbocycles. The molecule has 7 heteroatoms. The third-order valence-corrected chi connectivity index (χ3v) is 5.56. The average Bonchev–Trinajstić information content (AvgIpc) is 3.01. The molecule has 0 spiro atoms. The van der Waals surface area contributed by atoms with Crippen LogP contribution in [0.25, 0.3) is 0 Å². The van der Waals surface area contributed by atoms with Crippen molar-refractivity contribution in [3.05, 3.63) is 16.5 Å². The SMILES string of the molecule is CCOC(=O)c1cc(CC)sc1N1CC(SC(C)=O)CC1=O. The Kier molecular flexibility index (Phi) is 5.63. The van der Waals surface area contributed by atoms with Crippen LogP contribution in [-0.4, -0.2) is 35.4 Å². The molecule has 22 heavy (non-hydrogen) atoms. The summed E-state index contributed by atoms with van der Waals surface area (Å²) in [6.07, 6.45) is 1.12. The second-order valence-corrected chi connectivity index (χ2v) is 7.54. The Morgan fingerprint density at radius 2 is 2.18 bits per heavy atom. The molecule has 0 bridgehead atoms. The molecule has 1 aromatic heterocycles. The maximum absolute atomic E-state index is 12.3. The molecule has 1 fully saturated rings. The number of thiophene rings is 1. The molecule has 5 nitrogen and oxygen atoms in total. The van der Waals surface area contributed by atoms with Gasteiger partial charge >= 0.3 is 5.97 Å². The highest BCUT2D eigenvalue weighted by Gasteiger charge is 2.35. The van der Waals surface area contributed by atoms with Gasteiger partial charge in [-0.1, -0.05) is 18.7 Å². The number of carbonyl (C=O) groups excluding carboxylic acids is 3. The van der Waals surface area contributed by atoms with Crippen LogP contribution < -0.4 is 4.90 Å². The smallest absolute Gasteiger partial charge is 0.341 e. The number of nitrogens with zero attached hydrogens (tertiary/aromatic N) is 1. The molecule has 0 saturated carbocycles. The summed E-state index contributed by atoms with van der Waals surface area (Å²) in [6, 6.07) is 1.80. The number of aryl methyl sites for hydroxylation is 1. The summed E-state index contributed by atoms with van der Waals surface area (Å²) in [4.78, 5) is 38.2. The largest absolute Gasteiger partial charge is 0.462 e. The maximum atomic E-state index is 12.3. The zero-order valence-corrected chi connectivity index (χ0v) is 14.5. The van der Waals surface area contributed by atoms with Crippen molar-refractivity contribution in [1.82, 2.24) is 0 Å². The minimum atomic E-state index is -0.399. The number of hydrogen-bond acceptors (Lipinski definition) is 6. The molecule has 1 unspecified atom stereocenters. The second kappa shape index (κ2) is 7.28. The van der Waals surface area contributed by atoms with Crippen LogP contribution >= 0.6 is 23.1 Å². The van der Waals surface area contributed by atoms with Crippen molar-refractivity contribution in [2.24, 2.45) is 0 Å². The zero-order valence-electron chi connectivity index (χ0n) is 12.9. The van der Waals surface area contributed by atoms with E-state index in [1.54, 1.807) is 17.9 Å². The first-order valence-electron chi connectivity index (χ1n) is 7.23. The van der Waals surface area contributed by atoms with Gasteiger partial charge in [-0.05, 0) is 19.4 Å². The molecule has 120 valence electrons. The lowest BCUT2D eigenvalue weighted by molar-refractivity contribution is -0.117.